The monoisotopic (exact) mass is 411 g/mol. The summed E-state index contributed by atoms with van der Waals surface area (Å²) >= 11 is 1.74. The molecule has 0 fully saturated rings. The van der Waals surface area contributed by atoms with Crippen molar-refractivity contribution in [3.05, 3.63) is 60.2 Å². The predicted molar refractivity (Wildman–Crippen MR) is 115 cm³/mol. The van der Waals surface area contributed by atoms with E-state index in [1.54, 1.807) is 16.7 Å². The van der Waals surface area contributed by atoms with Crippen LogP contribution >= 0.6 is 11.8 Å². The van der Waals surface area contributed by atoms with Crippen molar-refractivity contribution in [2.24, 2.45) is 0 Å². The van der Waals surface area contributed by atoms with Gasteiger partial charge in [-0.2, -0.15) is 0 Å². The number of benzene rings is 2. The molecule has 0 aromatic heterocycles. The van der Waals surface area contributed by atoms with E-state index in [1.165, 1.54) is 0 Å². The van der Waals surface area contributed by atoms with E-state index >= 15 is 0 Å². The van der Waals surface area contributed by atoms with Gasteiger partial charge in [0.25, 0.3) is 0 Å². The number of nitrogens with zero attached hydrogens (tertiary/aromatic N) is 1. The Balaban J connectivity index is 1.34. The standard InChI is InChI=1S/C22H25N3O3S/c26-20(23-13-12-21(27)24-16-17-6-2-1-3-7-17)10-11-22(28)25-14-15-29-19-9-5-4-8-18(19)25/h1-9H,10-16H2,(H,23,26)(H,24,27). The number of anilines is 1. The predicted octanol–water partition coefficient (Wildman–Crippen LogP) is 2.73. The quantitative estimate of drug-likeness (QED) is 0.700. The van der Waals surface area contributed by atoms with Gasteiger partial charge in [0.05, 0.1) is 5.69 Å². The third kappa shape index (κ3) is 6.35. The number of carbonyl (C=O) groups is 3. The Hall–Kier alpha value is -2.80. The fourth-order valence-electron chi connectivity index (χ4n) is 3.07. The molecule has 3 rings (SSSR count). The largest absolute Gasteiger partial charge is 0.356 e. The number of hydrogen-bond acceptors (Lipinski definition) is 4. The number of thioether (sulfide) groups is 1. The lowest BCUT2D eigenvalue weighted by atomic mass is 10.2. The van der Waals surface area contributed by atoms with Gasteiger partial charge >= 0.3 is 0 Å². The molecule has 1 aliphatic rings. The van der Waals surface area contributed by atoms with Gasteiger partial charge in [-0.25, -0.2) is 0 Å². The molecule has 2 aromatic carbocycles. The molecule has 0 aliphatic carbocycles. The summed E-state index contributed by atoms with van der Waals surface area (Å²) in [6.45, 7) is 1.39. The second-order valence-electron chi connectivity index (χ2n) is 6.72. The average Bonchev–Trinajstić information content (AvgIpc) is 2.76. The maximum Gasteiger partial charge on any atom is 0.227 e. The highest BCUT2D eigenvalue weighted by Gasteiger charge is 2.22. The number of hydrogen-bond donors (Lipinski definition) is 2. The van der Waals surface area contributed by atoms with E-state index in [9.17, 15) is 14.4 Å². The highest BCUT2D eigenvalue weighted by atomic mass is 32.2. The van der Waals surface area contributed by atoms with Crippen molar-refractivity contribution in [2.45, 2.75) is 30.7 Å². The topological polar surface area (TPSA) is 78.5 Å². The SMILES string of the molecule is O=C(CCC(=O)N1CCSc2ccccc21)NCCC(=O)NCc1ccccc1. The first kappa shape index (κ1) is 20.9. The summed E-state index contributed by atoms with van der Waals surface area (Å²) in [7, 11) is 0. The molecule has 2 aromatic rings. The third-order valence-corrected chi connectivity index (χ3v) is 5.65. The second kappa shape index (κ2) is 10.7. The van der Waals surface area contributed by atoms with Crippen molar-refractivity contribution < 1.29 is 14.4 Å². The first-order valence-corrected chi connectivity index (χ1v) is 10.7. The van der Waals surface area contributed by atoms with Crippen LogP contribution in [-0.2, 0) is 20.9 Å². The van der Waals surface area contributed by atoms with Gasteiger partial charge in [-0.3, -0.25) is 14.4 Å². The van der Waals surface area contributed by atoms with Gasteiger partial charge in [-0.1, -0.05) is 42.5 Å². The van der Waals surface area contributed by atoms with Crippen LogP contribution in [0.1, 0.15) is 24.8 Å². The summed E-state index contributed by atoms with van der Waals surface area (Å²) in [6.07, 6.45) is 0.491. The Kier molecular flexibility index (Phi) is 7.69. The Labute approximate surface area is 175 Å². The highest BCUT2D eigenvalue weighted by molar-refractivity contribution is 7.99. The van der Waals surface area contributed by atoms with E-state index in [2.05, 4.69) is 10.6 Å². The van der Waals surface area contributed by atoms with Crippen molar-refractivity contribution in [3.63, 3.8) is 0 Å². The van der Waals surface area contributed by atoms with Gasteiger partial charge < -0.3 is 15.5 Å². The number of carbonyl (C=O) groups excluding carboxylic acids is 3. The Morgan fingerprint density at radius 2 is 1.59 bits per heavy atom. The summed E-state index contributed by atoms with van der Waals surface area (Å²) in [5, 5.41) is 5.54. The number of rotatable bonds is 8. The summed E-state index contributed by atoms with van der Waals surface area (Å²) in [4.78, 5) is 39.3. The van der Waals surface area contributed by atoms with Crippen LogP contribution in [0, 0.1) is 0 Å². The number of nitrogens with one attached hydrogen (secondary N) is 2. The fourth-order valence-corrected chi connectivity index (χ4v) is 4.07. The molecular formula is C22H25N3O3S. The maximum absolute atomic E-state index is 12.5. The Morgan fingerprint density at radius 1 is 0.862 bits per heavy atom. The van der Waals surface area contributed by atoms with Crippen LogP contribution < -0.4 is 15.5 Å². The zero-order valence-electron chi connectivity index (χ0n) is 16.2. The molecular weight excluding hydrogens is 386 g/mol. The third-order valence-electron chi connectivity index (χ3n) is 4.60. The first-order valence-electron chi connectivity index (χ1n) is 9.73. The zero-order valence-corrected chi connectivity index (χ0v) is 17.0. The molecule has 0 saturated carbocycles. The van der Waals surface area contributed by atoms with Crippen LogP contribution in [0.3, 0.4) is 0 Å². The molecule has 0 saturated heterocycles. The van der Waals surface area contributed by atoms with E-state index in [1.807, 2.05) is 54.6 Å². The van der Waals surface area contributed by atoms with E-state index < -0.39 is 0 Å². The summed E-state index contributed by atoms with van der Waals surface area (Å²) in [5.41, 5.74) is 1.95. The van der Waals surface area contributed by atoms with Crippen molar-refractivity contribution in [2.75, 3.05) is 23.7 Å². The molecule has 152 valence electrons. The van der Waals surface area contributed by atoms with Gasteiger partial charge in [0.15, 0.2) is 0 Å². The second-order valence-corrected chi connectivity index (χ2v) is 7.86. The van der Waals surface area contributed by atoms with Crippen molar-refractivity contribution >= 4 is 35.2 Å². The molecule has 0 bridgehead atoms. The van der Waals surface area contributed by atoms with Gasteiger partial charge in [0.2, 0.25) is 17.7 Å². The molecule has 0 atom stereocenters. The Morgan fingerprint density at radius 3 is 2.41 bits per heavy atom. The molecule has 3 amide bonds. The number of fused-ring (bicyclic) bond motifs is 1. The average molecular weight is 412 g/mol. The highest BCUT2D eigenvalue weighted by Crippen LogP contribution is 2.34. The lowest BCUT2D eigenvalue weighted by Crippen LogP contribution is -2.36. The summed E-state index contributed by atoms with van der Waals surface area (Å²) < 4.78 is 0. The van der Waals surface area contributed by atoms with E-state index in [-0.39, 0.29) is 43.5 Å². The molecule has 2 N–H and O–H groups in total. The normalized spacial score (nSPS) is 12.8. The molecule has 29 heavy (non-hydrogen) atoms. The lowest BCUT2D eigenvalue weighted by Gasteiger charge is -2.29. The molecule has 1 aliphatic heterocycles. The van der Waals surface area contributed by atoms with Crippen LogP contribution in [0.5, 0.6) is 0 Å². The number of para-hydroxylation sites is 1. The van der Waals surface area contributed by atoms with E-state index in [4.69, 9.17) is 0 Å². The van der Waals surface area contributed by atoms with E-state index in [0.717, 1.165) is 21.9 Å². The van der Waals surface area contributed by atoms with Crippen LogP contribution in [0.4, 0.5) is 5.69 Å². The van der Waals surface area contributed by atoms with Crippen molar-refractivity contribution in [3.8, 4) is 0 Å². The zero-order chi connectivity index (χ0) is 20.5. The van der Waals surface area contributed by atoms with Gasteiger partial charge in [0, 0.05) is 49.5 Å². The van der Waals surface area contributed by atoms with Crippen LogP contribution in [0.25, 0.3) is 0 Å². The van der Waals surface area contributed by atoms with Gasteiger partial charge in [-0.05, 0) is 17.7 Å². The fraction of sp³-hybridized carbons (Fsp3) is 0.318. The summed E-state index contributed by atoms with van der Waals surface area (Å²) in [5.74, 6) is 0.475. The summed E-state index contributed by atoms with van der Waals surface area (Å²) in [6, 6.07) is 17.5. The molecule has 0 unspecified atom stereocenters. The smallest absolute Gasteiger partial charge is 0.227 e. The lowest BCUT2D eigenvalue weighted by molar-refractivity contribution is -0.125. The van der Waals surface area contributed by atoms with Crippen LogP contribution in [0.15, 0.2) is 59.5 Å². The minimum Gasteiger partial charge on any atom is -0.356 e. The van der Waals surface area contributed by atoms with Gasteiger partial charge in [0.1, 0.15) is 0 Å². The minimum absolute atomic E-state index is 0.0477. The minimum atomic E-state index is -0.214. The molecule has 7 heteroatoms. The van der Waals surface area contributed by atoms with Crippen LogP contribution in [0.2, 0.25) is 0 Å². The number of amides is 3. The van der Waals surface area contributed by atoms with Crippen molar-refractivity contribution in [1.82, 2.24) is 10.6 Å². The molecule has 0 radical (unpaired) electrons. The Bertz CT molecular complexity index is 857. The maximum atomic E-state index is 12.5. The molecule has 1 heterocycles. The molecule has 0 spiro atoms. The van der Waals surface area contributed by atoms with Gasteiger partial charge in [-0.15, -0.1) is 11.8 Å². The molecule has 6 nitrogen and oxygen atoms in total. The first-order chi connectivity index (χ1) is 14.1. The van der Waals surface area contributed by atoms with E-state index in [0.29, 0.717) is 13.1 Å². The van der Waals surface area contributed by atoms with Crippen molar-refractivity contribution in [1.29, 1.82) is 0 Å². The van der Waals surface area contributed by atoms with Crippen LogP contribution in [-0.4, -0.2) is 36.6 Å².